The second kappa shape index (κ2) is 9.60. The Kier molecular flexibility index (Phi) is 6.68. The molecular weight excluding hydrogens is 348 g/mol. The van der Waals surface area contributed by atoms with E-state index in [2.05, 4.69) is 17.6 Å². The number of hydrogen-bond donors (Lipinski definition) is 1. The Balaban J connectivity index is 1.60. The second-order valence-electron chi connectivity index (χ2n) is 6.70. The van der Waals surface area contributed by atoms with E-state index >= 15 is 0 Å². The van der Waals surface area contributed by atoms with Crippen LogP contribution < -0.4 is 15.2 Å². The quantitative estimate of drug-likeness (QED) is 0.551. The van der Waals surface area contributed by atoms with Crippen LogP contribution in [0.1, 0.15) is 24.0 Å². The number of benzene rings is 3. The third-order valence-corrected chi connectivity index (χ3v) is 4.59. The van der Waals surface area contributed by atoms with Crippen LogP contribution in [-0.4, -0.2) is 13.0 Å². The maximum Gasteiger partial charge on any atom is 0.238 e. The van der Waals surface area contributed by atoms with E-state index in [1.807, 2.05) is 78.7 Å². The van der Waals surface area contributed by atoms with Gasteiger partial charge >= 0.3 is 0 Å². The zero-order valence-corrected chi connectivity index (χ0v) is 16.4. The SMILES string of the molecule is COc1ccc(CCCC(=O)NN(c2ccccc2)c2ccccc2)cc1C. The number of carbonyl (C=O) groups excluding carboxylic acids is 1. The molecule has 0 aliphatic rings. The van der Waals surface area contributed by atoms with Gasteiger partial charge in [-0.15, -0.1) is 0 Å². The predicted molar refractivity (Wildman–Crippen MR) is 114 cm³/mol. The lowest BCUT2D eigenvalue weighted by atomic mass is 10.0. The van der Waals surface area contributed by atoms with Gasteiger partial charge in [-0.05, 0) is 61.2 Å². The first-order valence-corrected chi connectivity index (χ1v) is 9.50. The van der Waals surface area contributed by atoms with Crippen LogP contribution in [0.2, 0.25) is 0 Å². The Labute approximate surface area is 166 Å². The van der Waals surface area contributed by atoms with Crippen molar-refractivity contribution >= 4 is 17.3 Å². The number of aryl methyl sites for hydroxylation is 2. The molecule has 3 rings (SSSR count). The summed E-state index contributed by atoms with van der Waals surface area (Å²) in [4.78, 5) is 12.6. The fourth-order valence-corrected chi connectivity index (χ4v) is 3.16. The van der Waals surface area contributed by atoms with Crippen LogP contribution in [0.4, 0.5) is 11.4 Å². The largest absolute Gasteiger partial charge is 0.496 e. The van der Waals surface area contributed by atoms with Crippen molar-refractivity contribution in [2.45, 2.75) is 26.2 Å². The normalized spacial score (nSPS) is 10.4. The summed E-state index contributed by atoms with van der Waals surface area (Å²) in [6.07, 6.45) is 2.10. The summed E-state index contributed by atoms with van der Waals surface area (Å²) in [7, 11) is 1.68. The van der Waals surface area contributed by atoms with E-state index in [1.165, 1.54) is 5.56 Å². The first-order valence-electron chi connectivity index (χ1n) is 9.50. The fourth-order valence-electron chi connectivity index (χ4n) is 3.16. The summed E-state index contributed by atoms with van der Waals surface area (Å²) in [6.45, 7) is 2.03. The smallest absolute Gasteiger partial charge is 0.238 e. The summed E-state index contributed by atoms with van der Waals surface area (Å²) in [5, 5.41) is 1.83. The van der Waals surface area contributed by atoms with Crippen LogP contribution in [0.3, 0.4) is 0 Å². The Morgan fingerprint density at radius 2 is 1.54 bits per heavy atom. The third-order valence-electron chi connectivity index (χ3n) is 4.59. The van der Waals surface area contributed by atoms with Gasteiger partial charge in [-0.25, -0.2) is 0 Å². The van der Waals surface area contributed by atoms with Gasteiger partial charge in [0.2, 0.25) is 5.91 Å². The summed E-state index contributed by atoms with van der Waals surface area (Å²) in [5.41, 5.74) is 7.22. The topological polar surface area (TPSA) is 41.6 Å². The number of nitrogens with zero attached hydrogens (tertiary/aromatic N) is 1. The van der Waals surface area contributed by atoms with E-state index in [0.717, 1.165) is 35.5 Å². The Morgan fingerprint density at radius 1 is 0.929 bits per heavy atom. The van der Waals surface area contributed by atoms with Gasteiger partial charge in [-0.3, -0.25) is 15.2 Å². The summed E-state index contributed by atoms with van der Waals surface area (Å²) in [5.74, 6) is 0.890. The van der Waals surface area contributed by atoms with Crippen LogP contribution in [0.25, 0.3) is 0 Å². The molecule has 0 heterocycles. The van der Waals surface area contributed by atoms with Gasteiger partial charge in [0.05, 0.1) is 18.5 Å². The average Bonchev–Trinajstić information content (AvgIpc) is 2.73. The van der Waals surface area contributed by atoms with Crippen LogP contribution in [0.15, 0.2) is 78.9 Å². The molecular formula is C24H26N2O2. The zero-order valence-electron chi connectivity index (χ0n) is 16.4. The number of hydrogen-bond acceptors (Lipinski definition) is 3. The van der Waals surface area contributed by atoms with E-state index in [4.69, 9.17) is 4.74 Å². The zero-order chi connectivity index (χ0) is 19.8. The van der Waals surface area contributed by atoms with E-state index < -0.39 is 0 Å². The number of anilines is 2. The number of methoxy groups -OCH3 is 1. The molecule has 0 aromatic heterocycles. The standard InChI is InChI=1S/C24H26N2O2/c1-19-18-20(16-17-23(19)28-2)10-9-15-24(27)25-26(21-11-5-3-6-12-21)22-13-7-4-8-14-22/h3-8,11-14,16-18H,9-10,15H2,1-2H3,(H,25,27). The second-order valence-corrected chi connectivity index (χ2v) is 6.70. The highest BCUT2D eigenvalue weighted by Gasteiger charge is 2.12. The minimum Gasteiger partial charge on any atom is -0.496 e. The van der Waals surface area contributed by atoms with E-state index in [-0.39, 0.29) is 5.91 Å². The van der Waals surface area contributed by atoms with Crippen molar-refractivity contribution in [2.24, 2.45) is 0 Å². The van der Waals surface area contributed by atoms with Gasteiger partial charge in [0.1, 0.15) is 5.75 Å². The number of para-hydroxylation sites is 2. The molecule has 0 saturated heterocycles. The highest BCUT2D eigenvalue weighted by Crippen LogP contribution is 2.23. The lowest BCUT2D eigenvalue weighted by Gasteiger charge is -2.25. The number of amides is 1. The molecule has 0 radical (unpaired) electrons. The van der Waals surface area contributed by atoms with Gasteiger partial charge in [0, 0.05) is 6.42 Å². The van der Waals surface area contributed by atoms with Gasteiger partial charge in [-0.2, -0.15) is 0 Å². The number of rotatable bonds is 8. The van der Waals surface area contributed by atoms with Gasteiger partial charge in [-0.1, -0.05) is 48.5 Å². The van der Waals surface area contributed by atoms with Gasteiger partial charge in [0.15, 0.2) is 0 Å². The lowest BCUT2D eigenvalue weighted by Crippen LogP contribution is -2.38. The highest BCUT2D eigenvalue weighted by atomic mass is 16.5. The summed E-state index contributed by atoms with van der Waals surface area (Å²) < 4.78 is 5.30. The summed E-state index contributed by atoms with van der Waals surface area (Å²) in [6, 6.07) is 25.9. The molecule has 0 atom stereocenters. The number of hydrazine groups is 1. The summed E-state index contributed by atoms with van der Waals surface area (Å²) >= 11 is 0. The van der Waals surface area contributed by atoms with E-state index in [0.29, 0.717) is 6.42 Å². The molecule has 0 fully saturated rings. The molecule has 1 N–H and O–H groups in total. The van der Waals surface area contributed by atoms with Crippen LogP contribution in [-0.2, 0) is 11.2 Å². The van der Waals surface area contributed by atoms with Gasteiger partial charge in [0.25, 0.3) is 0 Å². The first-order chi connectivity index (χ1) is 13.7. The average molecular weight is 374 g/mol. The molecule has 3 aromatic rings. The first kappa shape index (κ1) is 19.5. The molecule has 0 saturated carbocycles. The molecule has 28 heavy (non-hydrogen) atoms. The Hall–Kier alpha value is -3.27. The number of nitrogens with one attached hydrogen (secondary N) is 1. The van der Waals surface area contributed by atoms with Crippen LogP contribution in [0, 0.1) is 6.92 Å². The Morgan fingerprint density at radius 3 is 2.07 bits per heavy atom. The van der Waals surface area contributed by atoms with Crippen molar-refractivity contribution < 1.29 is 9.53 Å². The minimum absolute atomic E-state index is 0.00191. The van der Waals surface area contributed by atoms with Gasteiger partial charge < -0.3 is 4.74 Å². The van der Waals surface area contributed by atoms with Crippen LogP contribution >= 0.6 is 0 Å². The van der Waals surface area contributed by atoms with Crippen LogP contribution in [0.5, 0.6) is 5.75 Å². The van der Waals surface area contributed by atoms with Crippen molar-refractivity contribution in [1.29, 1.82) is 0 Å². The number of carbonyl (C=O) groups is 1. The van der Waals surface area contributed by atoms with Crippen molar-refractivity contribution in [3.05, 3.63) is 90.0 Å². The lowest BCUT2D eigenvalue weighted by molar-refractivity contribution is -0.121. The van der Waals surface area contributed by atoms with Crippen molar-refractivity contribution in [1.82, 2.24) is 5.43 Å². The minimum atomic E-state index is -0.00191. The van der Waals surface area contributed by atoms with Crippen molar-refractivity contribution in [3.63, 3.8) is 0 Å². The molecule has 4 heteroatoms. The van der Waals surface area contributed by atoms with Crippen molar-refractivity contribution in [2.75, 3.05) is 12.1 Å². The molecule has 144 valence electrons. The molecule has 3 aromatic carbocycles. The highest BCUT2D eigenvalue weighted by molar-refractivity contribution is 5.80. The molecule has 0 unspecified atom stereocenters. The van der Waals surface area contributed by atoms with E-state index in [1.54, 1.807) is 7.11 Å². The predicted octanol–water partition coefficient (Wildman–Crippen LogP) is 5.20. The van der Waals surface area contributed by atoms with E-state index in [9.17, 15) is 4.79 Å². The molecule has 0 bridgehead atoms. The molecule has 4 nitrogen and oxygen atoms in total. The molecule has 0 spiro atoms. The molecule has 0 aliphatic heterocycles. The van der Waals surface area contributed by atoms with Crippen molar-refractivity contribution in [3.8, 4) is 5.75 Å². The maximum atomic E-state index is 12.6. The fraction of sp³-hybridized carbons (Fsp3) is 0.208. The number of ether oxygens (including phenoxy) is 1. The maximum absolute atomic E-state index is 12.6. The molecule has 0 aliphatic carbocycles. The molecule has 1 amide bonds. The third kappa shape index (κ3) is 5.13. The Bertz CT molecular complexity index is 855. The monoisotopic (exact) mass is 374 g/mol.